The first-order valence-corrected chi connectivity index (χ1v) is 6.83. The summed E-state index contributed by atoms with van der Waals surface area (Å²) >= 11 is 0. The maximum absolute atomic E-state index is 12.8. The first kappa shape index (κ1) is 16.1. The van der Waals surface area contributed by atoms with Gasteiger partial charge in [-0.2, -0.15) is 13.2 Å². The molecule has 0 aliphatic rings. The van der Waals surface area contributed by atoms with Gasteiger partial charge in [0.05, 0.1) is 16.8 Å². The summed E-state index contributed by atoms with van der Waals surface area (Å²) in [5, 5.41) is 0. The van der Waals surface area contributed by atoms with Crippen LogP contribution in [0.25, 0.3) is 0 Å². The zero-order valence-corrected chi connectivity index (χ0v) is 10.5. The van der Waals surface area contributed by atoms with Gasteiger partial charge < -0.3 is 5.73 Å². The van der Waals surface area contributed by atoms with E-state index in [1.54, 1.807) is 0 Å². The van der Waals surface area contributed by atoms with Gasteiger partial charge in [0.15, 0.2) is 0 Å². The number of alkyl halides is 5. The van der Waals surface area contributed by atoms with Gasteiger partial charge in [-0.25, -0.2) is 17.2 Å². The molecule has 0 radical (unpaired) electrons. The van der Waals surface area contributed by atoms with Crippen molar-refractivity contribution in [1.29, 1.82) is 0 Å². The van der Waals surface area contributed by atoms with Gasteiger partial charge in [0.1, 0.15) is 4.90 Å². The summed E-state index contributed by atoms with van der Waals surface area (Å²) in [5.41, 5.74) is 0.844. The number of rotatable bonds is 3. The van der Waals surface area contributed by atoms with Crippen LogP contribution in [0.2, 0.25) is 0 Å². The molecule has 0 saturated carbocycles. The van der Waals surface area contributed by atoms with Crippen molar-refractivity contribution in [3.8, 4) is 0 Å². The average Bonchev–Trinajstić information content (AvgIpc) is 2.24. The Balaban J connectivity index is 3.89. The molecule has 0 spiro atoms. The Morgan fingerprint density at radius 1 is 1.37 bits per heavy atom. The quantitative estimate of drug-likeness (QED) is 0.684. The Bertz CT molecular complexity index is 588. The van der Waals surface area contributed by atoms with Gasteiger partial charge in [-0.15, -0.1) is 0 Å². The molecule has 108 valence electrons. The molecule has 11 heteroatoms. The Hall–Kier alpha value is -1.00. The van der Waals surface area contributed by atoms with Crippen molar-refractivity contribution >= 4 is 19.7 Å². The van der Waals surface area contributed by atoms with Crippen molar-refractivity contribution in [2.45, 2.75) is 24.0 Å². The lowest BCUT2D eigenvalue weighted by Gasteiger charge is -2.17. The molecule has 0 bridgehead atoms. The van der Waals surface area contributed by atoms with Crippen LogP contribution in [0.15, 0.2) is 11.1 Å². The number of aromatic nitrogens is 1. The Morgan fingerprint density at radius 3 is 2.21 bits per heavy atom. The molecule has 19 heavy (non-hydrogen) atoms. The van der Waals surface area contributed by atoms with Gasteiger partial charge in [0.2, 0.25) is 0 Å². The van der Waals surface area contributed by atoms with Gasteiger partial charge in [0.25, 0.3) is 15.5 Å². The van der Waals surface area contributed by atoms with Crippen LogP contribution < -0.4 is 5.73 Å². The van der Waals surface area contributed by atoms with Crippen LogP contribution in [-0.4, -0.2) is 13.4 Å². The molecule has 0 aromatic carbocycles. The average molecular weight is 325 g/mol. The summed E-state index contributed by atoms with van der Waals surface area (Å²) in [5.74, 6) is 0. The van der Waals surface area contributed by atoms with Crippen molar-refractivity contribution in [3.63, 3.8) is 0 Å². The van der Waals surface area contributed by atoms with Crippen LogP contribution in [0.4, 0.5) is 22.0 Å². The Morgan fingerprint density at radius 2 is 1.89 bits per heavy atom. The Labute approximate surface area is 108 Å². The summed E-state index contributed by atoms with van der Waals surface area (Å²) in [6, 6.07) is 0. The van der Waals surface area contributed by atoms with Gasteiger partial charge in [-0.3, -0.25) is 4.98 Å². The van der Waals surface area contributed by atoms with E-state index in [2.05, 4.69) is 4.98 Å². The highest BCUT2D eigenvalue weighted by molar-refractivity contribution is 8.13. The van der Waals surface area contributed by atoms with Gasteiger partial charge >= 0.3 is 6.18 Å². The molecule has 2 N–H and O–H groups in total. The van der Waals surface area contributed by atoms with Crippen LogP contribution in [0.1, 0.15) is 23.2 Å². The first-order valence-electron chi connectivity index (χ1n) is 4.52. The smallest absolute Gasteiger partial charge is 0.325 e. The lowest BCUT2D eigenvalue weighted by Crippen LogP contribution is -2.19. The van der Waals surface area contributed by atoms with E-state index < -0.39 is 49.9 Å². The van der Waals surface area contributed by atoms with E-state index in [1.807, 2.05) is 0 Å². The molecule has 1 rings (SSSR count). The molecule has 0 aliphatic heterocycles. The van der Waals surface area contributed by atoms with Crippen molar-refractivity contribution in [2.24, 2.45) is 5.73 Å². The molecule has 4 nitrogen and oxygen atoms in total. The molecule has 0 amide bonds. The minimum atomic E-state index is -5.23. The summed E-state index contributed by atoms with van der Waals surface area (Å²) in [6.45, 7) is -0.780. The number of pyridine rings is 1. The van der Waals surface area contributed by atoms with Gasteiger partial charge in [0, 0.05) is 23.4 Å². The fourth-order valence-electron chi connectivity index (χ4n) is 1.41. The van der Waals surface area contributed by atoms with E-state index in [1.165, 1.54) is 0 Å². The highest BCUT2D eigenvalue weighted by atomic mass is 35.7. The molecule has 0 fully saturated rings. The van der Waals surface area contributed by atoms with Crippen LogP contribution >= 0.6 is 10.7 Å². The summed E-state index contributed by atoms with van der Waals surface area (Å²) in [7, 11) is -0.230. The third-order valence-corrected chi connectivity index (χ3v) is 3.48. The molecule has 1 aromatic heterocycles. The summed E-state index contributed by atoms with van der Waals surface area (Å²) < 4.78 is 85.9. The second kappa shape index (κ2) is 5.17. The molecule has 0 unspecified atom stereocenters. The van der Waals surface area contributed by atoms with Crippen molar-refractivity contribution in [2.75, 3.05) is 0 Å². The van der Waals surface area contributed by atoms with Gasteiger partial charge in [-0.05, 0) is 0 Å². The van der Waals surface area contributed by atoms with Crippen LogP contribution in [0, 0.1) is 0 Å². The second-order valence-electron chi connectivity index (χ2n) is 3.30. The van der Waals surface area contributed by atoms with E-state index in [9.17, 15) is 30.4 Å². The lowest BCUT2D eigenvalue weighted by molar-refractivity contribution is -0.141. The molecule has 1 aromatic rings. The van der Waals surface area contributed by atoms with E-state index in [4.69, 9.17) is 16.4 Å². The summed E-state index contributed by atoms with van der Waals surface area (Å²) in [4.78, 5) is 1.41. The van der Waals surface area contributed by atoms with Crippen molar-refractivity contribution in [3.05, 3.63) is 23.0 Å². The van der Waals surface area contributed by atoms with Crippen LogP contribution in [0.5, 0.6) is 0 Å². The van der Waals surface area contributed by atoms with Crippen molar-refractivity contribution < 1.29 is 30.4 Å². The van der Waals surface area contributed by atoms with E-state index >= 15 is 0 Å². The molecule has 0 saturated heterocycles. The fraction of sp³-hybridized carbons (Fsp3) is 0.375. The van der Waals surface area contributed by atoms with E-state index in [0.29, 0.717) is 6.20 Å². The lowest BCUT2D eigenvalue weighted by atomic mass is 10.1. The van der Waals surface area contributed by atoms with Gasteiger partial charge in [-0.1, -0.05) is 0 Å². The number of nitrogens with two attached hydrogens (primary N) is 1. The van der Waals surface area contributed by atoms with Crippen LogP contribution in [-0.2, 0) is 21.8 Å². The molecule has 0 aliphatic carbocycles. The number of hydrogen-bond donors (Lipinski definition) is 1. The minimum Gasteiger partial charge on any atom is -0.325 e. The predicted octanol–water partition coefficient (Wildman–Crippen LogP) is 2.42. The largest absolute Gasteiger partial charge is 0.419 e. The third-order valence-electron chi connectivity index (χ3n) is 2.09. The number of halogens is 6. The molecule has 0 atom stereocenters. The zero-order chi connectivity index (χ0) is 15.0. The first-order chi connectivity index (χ1) is 8.50. The molecular formula is C8H6ClF5N2O2S. The topological polar surface area (TPSA) is 73.0 Å². The van der Waals surface area contributed by atoms with E-state index in [0.717, 1.165) is 0 Å². The standard InChI is InChI=1S/C8H6ClF5N2O2S/c9-19(17,18)6-3(7(10)11)2-16-4(1-15)5(6)8(12,13)14/h2,7H,1,15H2. The zero-order valence-electron chi connectivity index (χ0n) is 8.88. The monoisotopic (exact) mass is 324 g/mol. The maximum Gasteiger partial charge on any atom is 0.419 e. The predicted molar refractivity (Wildman–Crippen MR) is 55.1 cm³/mol. The molecule has 1 heterocycles. The summed E-state index contributed by atoms with van der Waals surface area (Å²) in [6.07, 6.45) is -8.40. The minimum absolute atomic E-state index is 0.317. The highest BCUT2D eigenvalue weighted by Gasteiger charge is 2.42. The number of nitrogens with zero attached hydrogens (tertiary/aromatic N) is 1. The molecular weight excluding hydrogens is 319 g/mol. The normalized spacial score (nSPS) is 13.1. The fourth-order valence-corrected chi connectivity index (χ4v) is 2.81. The maximum atomic E-state index is 12.8. The SMILES string of the molecule is NCc1ncc(C(F)F)c(S(=O)(=O)Cl)c1C(F)(F)F. The van der Waals surface area contributed by atoms with E-state index in [-0.39, 0.29) is 0 Å². The highest BCUT2D eigenvalue weighted by Crippen LogP contribution is 2.41. The van der Waals surface area contributed by atoms with Crippen molar-refractivity contribution in [1.82, 2.24) is 4.98 Å². The van der Waals surface area contributed by atoms with Crippen LogP contribution in [0.3, 0.4) is 0 Å². The third kappa shape index (κ3) is 3.31. The Kier molecular flexibility index (Phi) is 4.37. The second-order valence-corrected chi connectivity index (χ2v) is 5.81. The number of hydrogen-bond acceptors (Lipinski definition) is 4.